The number of fused-ring (bicyclic) bond motifs is 1. The lowest BCUT2D eigenvalue weighted by Gasteiger charge is -2.15. The number of rotatable bonds is 4. The second kappa shape index (κ2) is 5.78. The van der Waals surface area contributed by atoms with Crippen molar-refractivity contribution in [2.24, 2.45) is 0 Å². The molecule has 0 bridgehead atoms. The van der Waals surface area contributed by atoms with Crippen molar-refractivity contribution in [1.29, 1.82) is 0 Å². The highest BCUT2D eigenvalue weighted by Crippen LogP contribution is 2.35. The van der Waals surface area contributed by atoms with E-state index in [2.05, 4.69) is 58.6 Å². The van der Waals surface area contributed by atoms with Crippen molar-refractivity contribution in [1.82, 2.24) is 5.32 Å². The lowest BCUT2D eigenvalue weighted by Crippen LogP contribution is -2.18. The van der Waals surface area contributed by atoms with E-state index < -0.39 is 0 Å². The van der Waals surface area contributed by atoms with Gasteiger partial charge in [-0.15, -0.1) is 11.3 Å². The van der Waals surface area contributed by atoms with Gasteiger partial charge in [0.15, 0.2) is 0 Å². The number of halogens is 1. The smallest absolute Gasteiger partial charge is 0.0453 e. The van der Waals surface area contributed by atoms with Crippen LogP contribution in [0.15, 0.2) is 34.8 Å². The molecule has 3 rings (SSSR count). The van der Waals surface area contributed by atoms with Crippen LogP contribution >= 0.6 is 27.3 Å². The van der Waals surface area contributed by atoms with E-state index in [0.717, 1.165) is 6.42 Å². The topological polar surface area (TPSA) is 12.0 Å². The monoisotopic (exact) mass is 335 g/mol. The van der Waals surface area contributed by atoms with Gasteiger partial charge in [-0.1, -0.05) is 34.1 Å². The lowest BCUT2D eigenvalue weighted by atomic mass is 10.0. The molecule has 1 heterocycles. The van der Waals surface area contributed by atoms with Crippen LogP contribution in [0, 0.1) is 0 Å². The zero-order chi connectivity index (χ0) is 13.2. The van der Waals surface area contributed by atoms with Crippen LogP contribution in [-0.2, 0) is 19.3 Å². The summed E-state index contributed by atoms with van der Waals surface area (Å²) in [7, 11) is 2.06. The van der Waals surface area contributed by atoms with Crippen molar-refractivity contribution >= 4 is 27.3 Å². The van der Waals surface area contributed by atoms with Gasteiger partial charge in [0.2, 0.25) is 0 Å². The highest BCUT2D eigenvalue weighted by molar-refractivity contribution is 9.10. The summed E-state index contributed by atoms with van der Waals surface area (Å²) in [6.07, 6.45) is 4.94. The zero-order valence-corrected chi connectivity index (χ0v) is 13.5. The quantitative estimate of drug-likeness (QED) is 0.867. The molecule has 1 aliphatic rings. The van der Waals surface area contributed by atoms with Crippen LogP contribution in [0.3, 0.4) is 0 Å². The van der Waals surface area contributed by atoms with Gasteiger partial charge in [0.1, 0.15) is 0 Å². The Balaban J connectivity index is 1.82. The fourth-order valence-corrected chi connectivity index (χ4v) is 4.57. The van der Waals surface area contributed by atoms with E-state index in [1.54, 1.807) is 10.4 Å². The molecule has 0 fully saturated rings. The largest absolute Gasteiger partial charge is 0.312 e. The summed E-state index contributed by atoms with van der Waals surface area (Å²) in [4.78, 5) is 3.10. The minimum Gasteiger partial charge on any atom is -0.312 e. The van der Waals surface area contributed by atoms with E-state index in [-0.39, 0.29) is 0 Å². The van der Waals surface area contributed by atoms with Crippen molar-refractivity contribution in [2.45, 2.75) is 31.7 Å². The van der Waals surface area contributed by atoms with Gasteiger partial charge in [-0.05, 0) is 56.0 Å². The molecule has 3 heteroatoms. The second-order valence-electron chi connectivity index (χ2n) is 5.09. The Bertz CT molecular complexity index is 554. The molecule has 0 radical (unpaired) electrons. The summed E-state index contributed by atoms with van der Waals surface area (Å²) in [5, 5.41) is 3.47. The first-order chi connectivity index (χ1) is 9.28. The Morgan fingerprint density at radius 3 is 2.89 bits per heavy atom. The first kappa shape index (κ1) is 13.3. The lowest BCUT2D eigenvalue weighted by molar-refractivity contribution is 0.600. The van der Waals surface area contributed by atoms with E-state index in [4.69, 9.17) is 0 Å². The summed E-state index contributed by atoms with van der Waals surface area (Å²) in [5.74, 6) is 0. The van der Waals surface area contributed by atoms with Crippen LogP contribution in [0.25, 0.3) is 0 Å². The third-order valence-corrected chi connectivity index (χ3v) is 5.96. The molecule has 0 saturated heterocycles. The van der Waals surface area contributed by atoms with E-state index >= 15 is 0 Å². The molecule has 1 unspecified atom stereocenters. The Labute approximate surface area is 127 Å². The van der Waals surface area contributed by atoms with E-state index in [1.165, 1.54) is 34.2 Å². The molecule has 100 valence electrons. The van der Waals surface area contributed by atoms with Crippen LogP contribution in [0.2, 0.25) is 0 Å². The Hall–Kier alpha value is -0.640. The standard InChI is InChI=1S/C16H18BrNS/c1-18-14(9-11-5-2-3-7-13(11)17)16-10-12-6-4-8-15(12)19-16/h2-3,5,7,10,14,18H,4,6,8-9H2,1H3. The molecule has 0 aliphatic heterocycles. The third kappa shape index (κ3) is 2.78. The van der Waals surface area contributed by atoms with Crippen LogP contribution < -0.4 is 5.32 Å². The molecule has 1 nitrogen and oxygen atoms in total. The molecule has 1 aliphatic carbocycles. The Morgan fingerprint density at radius 1 is 1.32 bits per heavy atom. The van der Waals surface area contributed by atoms with Crippen LogP contribution in [-0.4, -0.2) is 7.05 Å². The number of hydrogen-bond acceptors (Lipinski definition) is 2. The van der Waals surface area contributed by atoms with Crippen molar-refractivity contribution in [3.8, 4) is 0 Å². The Kier molecular flexibility index (Phi) is 4.06. The number of aryl methyl sites for hydroxylation is 2. The van der Waals surface area contributed by atoms with Gasteiger partial charge in [-0.3, -0.25) is 0 Å². The second-order valence-corrected chi connectivity index (χ2v) is 7.11. The maximum absolute atomic E-state index is 3.65. The fraction of sp³-hybridized carbons (Fsp3) is 0.375. The first-order valence-electron chi connectivity index (χ1n) is 6.80. The molecule has 1 N–H and O–H groups in total. The minimum absolute atomic E-state index is 0.425. The number of hydrogen-bond donors (Lipinski definition) is 1. The van der Waals surface area contributed by atoms with E-state index in [9.17, 15) is 0 Å². The van der Waals surface area contributed by atoms with Crippen LogP contribution in [0.4, 0.5) is 0 Å². The van der Waals surface area contributed by atoms with Crippen LogP contribution in [0.1, 0.15) is 33.3 Å². The predicted molar refractivity (Wildman–Crippen MR) is 86.0 cm³/mol. The predicted octanol–water partition coefficient (Wildman–Crippen LogP) is 4.50. The number of likely N-dealkylation sites (N-methyl/N-ethyl adjacent to an activating group) is 1. The van der Waals surface area contributed by atoms with Crippen molar-refractivity contribution in [3.63, 3.8) is 0 Å². The molecular weight excluding hydrogens is 318 g/mol. The molecule has 1 atom stereocenters. The average molecular weight is 336 g/mol. The molecular formula is C16H18BrNS. The Morgan fingerprint density at radius 2 is 2.16 bits per heavy atom. The maximum Gasteiger partial charge on any atom is 0.0453 e. The third-order valence-electron chi connectivity index (χ3n) is 3.84. The number of thiophene rings is 1. The van der Waals surface area contributed by atoms with Gasteiger partial charge >= 0.3 is 0 Å². The summed E-state index contributed by atoms with van der Waals surface area (Å²) in [6, 6.07) is 11.4. The van der Waals surface area contributed by atoms with Gasteiger partial charge in [0.05, 0.1) is 0 Å². The molecule has 2 aromatic rings. The molecule has 1 aromatic heterocycles. The number of nitrogens with one attached hydrogen (secondary N) is 1. The van der Waals surface area contributed by atoms with Crippen molar-refractivity contribution < 1.29 is 0 Å². The van der Waals surface area contributed by atoms with Crippen molar-refractivity contribution in [2.75, 3.05) is 7.05 Å². The normalized spacial score (nSPS) is 15.5. The zero-order valence-electron chi connectivity index (χ0n) is 11.1. The molecule has 0 saturated carbocycles. The van der Waals surface area contributed by atoms with Gasteiger partial charge in [0, 0.05) is 20.3 Å². The van der Waals surface area contributed by atoms with Gasteiger partial charge in [-0.2, -0.15) is 0 Å². The molecule has 0 spiro atoms. The SMILES string of the molecule is CNC(Cc1ccccc1Br)c1cc2c(s1)CCC2. The molecule has 19 heavy (non-hydrogen) atoms. The van der Waals surface area contributed by atoms with Gasteiger partial charge < -0.3 is 5.32 Å². The summed E-state index contributed by atoms with van der Waals surface area (Å²) in [5.41, 5.74) is 2.96. The maximum atomic E-state index is 3.65. The molecule has 1 aromatic carbocycles. The molecule has 0 amide bonds. The number of benzene rings is 1. The summed E-state index contributed by atoms with van der Waals surface area (Å²) < 4.78 is 1.21. The fourth-order valence-electron chi connectivity index (χ4n) is 2.75. The van der Waals surface area contributed by atoms with E-state index in [1.807, 2.05) is 11.3 Å². The highest BCUT2D eigenvalue weighted by Gasteiger charge is 2.20. The summed E-state index contributed by atoms with van der Waals surface area (Å²) in [6.45, 7) is 0. The minimum atomic E-state index is 0.425. The van der Waals surface area contributed by atoms with Gasteiger partial charge in [0.25, 0.3) is 0 Å². The van der Waals surface area contributed by atoms with E-state index in [0.29, 0.717) is 6.04 Å². The van der Waals surface area contributed by atoms with Crippen molar-refractivity contribution in [3.05, 3.63) is 55.7 Å². The summed E-state index contributed by atoms with van der Waals surface area (Å²) >= 11 is 5.65. The average Bonchev–Trinajstić information content (AvgIpc) is 2.98. The van der Waals surface area contributed by atoms with Crippen LogP contribution in [0.5, 0.6) is 0 Å². The van der Waals surface area contributed by atoms with Gasteiger partial charge in [-0.25, -0.2) is 0 Å². The first-order valence-corrected chi connectivity index (χ1v) is 8.41. The highest BCUT2D eigenvalue weighted by atomic mass is 79.9.